The molecule has 116 valence electrons. The van der Waals surface area contributed by atoms with Crippen LogP contribution in [0.3, 0.4) is 0 Å². The van der Waals surface area contributed by atoms with Crippen LogP contribution < -0.4 is 9.64 Å². The molecular formula is C15H18N4O2S. The molecule has 0 bridgehead atoms. The van der Waals surface area contributed by atoms with E-state index in [0.29, 0.717) is 24.9 Å². The second-order valence-corrected chi connectivity index (χ2v) is 6.06. The van der Waals surface area contributed by atoms with E-state index in [-0.39, 0.29) is 5.91 Å². The summed E-state index contributed by atoms with van der Waals surface area (Å²) in [5, 5.41) is 1.93. The highest BCUT2D eigenvalue weighted by Crippen LogP contribution is 2.18. The van der Waals surface area contributed by atoms with Crippen LogP contribution in [0.4, 0.5) is 5.95 Å². The molecule has 0 radical (unpaired) electrons. The van der Waals surface area contributed by atoms with Gasteiger partial charge in [-0.15, -0.1) is 11.3 Å². The summed E-state index contributed by atoms with van der Waals surface area (Å²) in [4.78, 5) is 25.9. The van der Waals surface area contributed by atoms with E-state index in [1.165, 1.54) is 11.3 Å². The van der Waals surface area contributed by atoms with Gasteiger partial charge in [-0.3, -0.25) is 4.79 Å². The van der Waals surface area contributed by atoms with Gasteiger partial charge in [0.05, 0.1) is 12.0 Å². The molecule has 1 amide bonds. The molecule has 3 rings (SSSR count). The van der Waals surface area contributed by atoms with Crippen molar-refractivity contribution in [2.24, 2.45) is 0 Å². The molecule has 7 heteroatoms. The Kier molecular flexibility index (Phi) is 4.24. The molecule has 22 heavy (non-hydrogen) atoms. The number of carbonyl (C=O) groups excluding carboxylic acids is 1. The molecule has 0 aromatic carbocycles. The van der Waals surface area contributed by atoms with Crippen molar-refractivity contribution in [3.63, 3.8) is 0 Å². The van der Waals surface area contributed by atoms with Crippen molar-refractivity contribution in [1.29, 1.82) is 0 Å². The van der Waals surface area contributed by atoms with Crippen LogP contribution in [0.15, 0.2) is 23.6 Å². The Morgan fingerprint density at radius 1 is 1.27 bits per heavy atom. The third kappa shape index (κ3) is 3.04. The van der Waals surface area contributed by atoms with Gasteiger partial charge < -0.3 is 14.5 Å². The minimum atomic E-state index is 0.109. The fraction of sp³-hybridized carbons (Fsp3) is 0.400. The third-order valence-electron chi connectivity index (χ3n) is 3.61. The van der Waals surface area contributed by atoms with Gasteiger partial charge in [0, 0.05) is 37.9 Å². The molecule has 0 atom stereocenters. The number of ether oxygens (including phenoxy) is 1. The third-order valence-corrected chi connectivity index (χ3v) is 4.47. The van der Waals surface area contributed by atoms with E-state index in [4.69, 9.17) is 4.74 Å². The molecule has 1 fully saturated rings. The molecule has 0 spiro atoms. The lowest BCUT2D eigenvalue weighted by atomic mass is 10.3. The lowest BCUT2D eigenvalue weighted by molar-refractivity contribution is 0.0751. The molecule has 0 aliphatic carbocycles. The predicted octanol–water partition coefficient (Wildman–Crippen LogP) is 1.82. The molecular weight excluding hydrogens is 300 g/mol. The van der Waals surface area contributed by atoms with E-state index in [0.717, 1.165) is 23.7 Å². The second kappa shape index (κ2) is 6.31. The lowest BCUT2D eigenvalue weighted by Gasteiger charge is -2.34. The monoisotopic (exact) mass is 318 g/mol. The van der Waals surface area contributed by atoms with Crippen LogP contribution in [-0.2, 0) is 0 Å². The summed E-state index contributed by atoms with van der Waals surface area (Å²) < 4.78 is 5.19. The van der Waals surface area contributed by atoms with E-state index in [1.54, 1.807) is 13.2 Å². The van der Waals surface area contributed by atoms with Crippen molar-refractivity contribution in [1.82, 2.24) is 14.9 Å². The number of nitrogens with zero attached hydrogens (tertiary/aromatic N) is 4. The van der Waals surface area contributed by atoms with Crippen molar-refractivity contribution >= 4 is 23.2 Å². The Morgan fingerprint density at radius 3 is 2.68 bits per heavy atom. The summed E-state index contributed by atoms with van der Waals surface area (Å²) in [6, 6.07) is 5.58. The molecule has 1 aliphatic rings. The average molecular weight is 318 g/mol. The zero-order chi connectivity index (χ0) is 15.5. The molecule has 1 aliphatic heterocycles. The van der Waals surface area contributed by atoms with Crippen molar-refractivity contribution in [2.45, 2.75) is 6.92 Å². The Labute approximate surface area is 133 Å². The fourth-order valence-electron chi connectivity index (χ4n) is 2.44. The van der Waals surface area contributed by atoms with Crippen molar-refractivity contribution < 1.29 is 9.53 Å². The number of aryl methyl sites for hydroxylation is 1. The van der Waals surface area contributed by atoms with Gasteiger partial charge in [-0.1, -0.05) is 6.07 Å². The second-order valence-electron chi connectivity index (χ2n) is 5.11. The Hall–Kier alpha value is -2.15. The quantitative estimate of drug-likeness (QED) is 0.864. The largest absolute Gasteiger partial charge is 0.481 e. The van der Waals surface area contributed by atoms with Gasteiger partial charge >= 0.3 is 0 Å². The molecule has 0 N–H and O–H groups in total. The number of piperazine rings is 1. The SMILES string of the molecule is COc1cc(C)nc(N2CCN(C(=O)c3cccs3)CC2)n1. The van der Waals surface area contributed by atoms with E-state index >= 15 is 0 Å². The van der Waals surface area contributed by atoms with Crippen LogP contribution in [0, 0.1) is 6.92 Å². The number of thiophene rings is 1. The first-order valence-electron chi connectivity index (χ1n) is 7.15. The first-order chi connectivity index (χ1) is 10.7. The zero-order valence-electron chi connectivity index (χ0n) is 12.7. The minimum absolute atomic E-state index is 0.109. The van der Waals surface area contributed by atoms with Crippen LogP contribution >= 0.6 is 11.3 Å². The van der Waals surface area contributed by atoms with Crippen LogP contribution in [0.25, 0.3) is 0 Å². The van der Waals surface area contributed by atoms with Gasteiger partial charge in [0.1, 0.15) is 0 Å². The zero-order valence-corrected chi connectivity index (χ0v) is 13.5. The van der Waals surface area contributed by atoms with E-state index in [1.807, 2.05) is 29.3 Å². The van der Waals surface area contributed by atoms with Crippen LogP contribution in [0.2, 0.25) is 0 Å². The number of hydrogen-bond acceptors (Lipinski definition) is 6. The standard InChI is InChI=1S/C15H18N4O2S/c1-11-10-13(21-2)17-15(16-11)19-7-5-18(6-8-19)14(20)12-4-3-9-22-12/h3-4,9-10H,5-8H2,1-2H3. The van der Waals surface area contributed by atoms with Gasteiger partial charge in [-0.25, -0.2) is 4.98 Å². The number of carbonyl (C=O) groups is 1. The van der Waals surface area contributed by atoms with Crippen LogP contribution in [0.1, 0.15) is 15.4 Å². The summed E-state index contributed by atoms with van der Waals surface area (Å²) in [5.41, 5.74) is 0.874. The Bertz CT molecular complexity index is 652. The highest BCUT2D eigenvalue weighted by atomic mass is 32.1. The number of anilines is 1. The highest BCUT2D eigenvalue weighted by molar-refractivity contribution is 7.12. The maximum atomic E-state index is 12.3. The predicted molar refractivity (Wildman–Crippen MR) is 85.8 cm³/mol. The summed E-state index contributed by atoms with van der Waals surface area (Å²) in [6.07, 6.45) is 0. The molecule has 2 aromatic rings. The smallest absolute Gasteiger partial charge is 0.264 e. The molecule has 0 saturated carbocycles. The minimum Gasteiger partial charge on any atom is -0.481 e. The maximum Gasteiger partial charge on any atom is 0.264 e. The molecule has 1 saturated heterocycles. The number of amides is 1. The van der Waals surface area contributed by atoms with Crippen molar-refractivity contribution in [3.8, 4) is 5.88 Å². The van der Waals surface area contributed by atoms with Crippen LogP contribution in [0.5, 0.6) is 5.88 Å². The first kappa shape index (κ1) is 14.8. The summed E-state index contributed by atoms with van der Waals surface area (Å²) in [6.45, 7) is 4.73. The fourth-order valence-corrected chi connectivity index (χ4v) is 3.13. The molecule has 0 unspecified atom stereocenters. The van der Waals surface area contributed by atoms with Gasteiger partial charge in [0.15, 0.2) is 0 Å². The van der Waals surface area contributed by atoms with Crippen molar-refractivity contribution in [2.75, 3.05) is 38.2 Å². The number of hydrogen-bond donors (Lipinski definition) is 0. The van der Waals surface area contributed by atoms with Crippen molar-refractivity contribution in [3.05, 3.63) is 34.2 Å². The Morgan fingerprint density at radius 2 is 2.05 bits per heavy atom. The van der Waals surface area contributed by atoms with Gasteiger partial charge in [0.25, 0.3) is 5.91 Å². The maximum absolute atomic E-state index is 12.3. The number of aromatic nitrogens is 2. The normalized spacial score (nSPS) is 15.0. The average Bonchev–Trinajstić information content (AvgIpc) is 3.08. The summed E-state index contributed by atoms with van der Waals surface area (Å²) in [5.74, 6) is 1.34. The highest BCUT2D eigenvalue weighted by Gasteiger charge is 2.24. The first-order valence-corrected chi connectivity index (χ1v) is 8.03. The lowest BCUT2D eigenvalue weighted by Crippen LogP contribution is -2.49. The molecule has 3 heterocycles. The molecule has 2 aromatic heterocycles. The van der Waals surface area contributed by atoms with E-state index < -0.39 is 0 Å². The van der Waals surface area contributed by atoms with Gasteiger partial charge in [-0.2, -0.15) is 4.98 Å². The van der Waals surface area contributed by atoms with Gasteiger partial charge in [-0.05, 0) is 18.4 Å². The number of methoxy groups -OCH3 is 1. The summed E-state index contributed by atoms with van der Waals surface area (Å²) in [7, 11) is 1.60. The molecule has 6 nitrogen and oxygen atoms in total. The topological polar surface area (TPSA) is 58.6 Å². The number of rotatable bonds is 3. The van der Waals surface area contributed by atoms with Crippen LogP contribution in [-0.4, -0.2) is 54.1 Å². The van der Waals surface area contributed by atoms with E-state index in [2.05, 4.69) is 14.9 Å². The summed E-state index contributed by atoms with van der Waals surface area (Å²) >= 11 is 1.48. The van der Waals surface area contributed by atoms with E-state index in [9.17, 15) is 4.79 Å². The Balaban J connectivity index is 1.67. The van der Waals surface area contributed by atoms with Gasteiger partial charge in [0.2, 0.25) is 11.8 Å².